The van der Waals surface area contributed by atoms with Gasteiger partial charge >= 0.3 is 0 Å². The Bertz CT molecular complexity index is 373. The Morgan fingerprint density at radius 2 is 2.50 bits per heavy atom. The molecular formula is C12H18N2O2. The average molecular weight is 222 g/mol. The van der Waals surface area contributed by atoms with E-state index in [1.54, 1.807) is 12.3 Å². The predicted octanol–water partition coefficient (Wildman–Crippen LogP) is 1.28. The van der Waals surface area contributed by atoms with Crippen molar-refractivity contribution in [3.8, 4) is 0 Å². The van der Waals surface area contributed by atoms with Gasteiger partial charge in [0.25, 0.3) is 5.91 Å². The van der Waals surface area contributed by atoms with Crippen LogP contribution in [0.4, 0.5) is 0 Å². The van der Waals surface area contributed by atoms with Gasteiger partial charge in [-0.05, 0) is 13.0 Å². The first-order valence-electron chi connectivity index (χ1n) is 5.82. The van der Waals surface area contributed by atoms with Crippen LogP contribution in [0.25, 0.3) is 0 Å². The third-order valence-corrected chi connectivity index (χ3v) is 3.06. The van der Waals surface area contributed by atoms with Crippen LogP contribution in [0.3, 0.4) is 0 Å². The Morgan fingerprint density at radius 3 is 3.19 bits per heavy atom. The molecule has 1 aromatic heterocycles. The standard InChI is InChI=1S/C12H18N2O2/c1-3-11-10(4-7-16-11)12(15)14-6-5-13-8-9(14)2/h4,7,9,13H,3,5-6,8H2,1-2H3. The fourth-order valence-electron chi connectivity index (χ4n) is 2.10. The van der Waals surface area contributed by atoms with Crippen LogP contribution < -0.4 is 5.32 Å². The van der Waals surface area contributed by atoms with Crippen molar-refractivity contribution in [3.63, 3.8) is 0 Å². The zero-order valence-electron chi connectivity index (χ0n) is 9.82. The largest absolute Gasteiger partial charge is 0.469 e. The molecule has 1 aliphatic heterocycles. The quantitative estimate of drug-likeness (QED) is 0.819. The summed E-state index contributed by atoms with van der Waals surface area (Å²) >= 11 is 0. The van der Waals surface area contributed by atoms with Crippen molar-refractivity contribution in [3.05, 3.63) is 23.7 Å². The van der Waals surface area contributed by atoms with Gasteiger partial charge in [-0.2, -0.15) is 0 Å². The summed E-state index contributed by atoms with van der Waals surface area (Å²) in [7, 11) is 0. The van der Waals surface area contributed by atoms with Gasteiger partial charge in [-0.1, -0.05) is 6.92 Å². The minimum atomic E-state index is 0.0969. The number of nitrogens with one attached hydrogen (secondary N) is 1. The first-order chi connectivity index (χ1) is 7.74. The predicted molar refractivity (Wildman–Crippen MR) is 61.5 cm³/mol. The summed E-state index contributed by atoms with van der Waals surface area (Å²) in [6, 6.07) is 2.02. The van der Waals surface area contributed by atoms with E-state index in [1.807, 2.05) is 11.8 Å². The van der Waals surface area contributed by atoms with Crippen LogP contribution in [0, 0.1) is 0 Å². The molecule has 0 aromatic carbocycles. The van der Waals surface area contributed by atoms with Crippen LogP contribution >= 0.6 is 0 Å². The second kappa shape index (κ2) is 4.70. The summed E-state index contributed by atoms with van der Waals surface area (Å²) in [4.78, 5) is 14.2. The summed E-state index contributed by atoms with van der Waals surface area (Å²) in [5.74, 6) is 0.885. The fraction of sp³-hybridized carbons (Fsp3) is 0.583. The van der Waals surface area contributed by atoms with Crippen molar-refractivity contribution in [1.82, 2.24) is 10.2 Å². The maximum Gasteiger partial charge on any atom is 0.257 e. The van der Waals surface area contributed by atoms with Crippen molar-refractivity contribution in [2.45, 2.75) is 26.3 Å². The maximum absolute atomic E-state index is 12.3. The SMILES string of the molecule is CCc1occc1C(=O)N1CCNCC1C. The molecule has 88 valence electrons. The van der Waals surface area contributed by atoms with Crippen LogP contribution in [0.5, 0.6) is 0 Å². The van der Waals surface area contributed by atoms with Crippen LogP contribution in [-0.2, 0) is 6.42 Å². The molecule has 4 nitrogen and oxygen atoms in total. The van der Waals surface area contributed by atoms with Crippen LogP contribution in [0.2, 0.25) is 0 Å². The van der Waals surface area contributed by atoms with Gasteiger partial charge in [0.2, 0.25) is 0 Å². The molecule has 0 bridgehead atoms. The van der Waals surface area contributed by atoms with E-state index in [1.165, 1.54) is 0 Å². The highest BCUT2D eigenvalue weighted by molar-refractivity contribution is 5.95. The molecule has 2 heterocycles. The molecule has 1 N–H and O–H groups in total. The molecular weight excluding hydrogens is 204 g/mol. The van der Waals surface area contributed by atoms with Crippen LogP contribution in [0.15, 0.2) is 16.7 Å². The third-order valence-electron chi connectivity index (χ3n) is 3.06. The lowest BCUT2D eigenvalue weighted by Crippen LogP contribution is -2.52. The molecule has 0 spiro atoms. The molecule has 0 radical (unpaired) electrons. The highest BCUT2D eigenvalue weighted by atomic mass is 16.3. The van der Waals surface area contributed by atoms with E-state index in [0.29, 0.717) is 0 Å². The molecule has 1 aliphatic rings. The zero-order chi connectivity index (χ0) is 11.5. The second-order valence-corrected chi connectivity index (χ2v) is 4.16. The zero-order valence-corrected chi connectivity index (χ0v) is 9.82. The van der Waals surface area contributed by atoms with Gasteiger partial charge in [0.1, 0.15) is 5.76 Å². The number of piperazine rings is 1. The Hall–Kier alpha value is -1.29. The Labute approximate surface area is 95.6 Å². The number of carbonyl (C=O) groups is 1. The van der Waals surface area contributed by atoms with Gasteiger partial charge in [0, 0.05) is 32.1 Å². The first kappa shape index (κ1) is 11.2. The van der Waals surface area contributed by atoms with Gasteiger partial charge < -0.3 is 14.6 Å². The lowest BCUT2D eigenvalue weighted by atomic mass is 10.1. The molecule has 0 saturated carbocycles. The van der Waals surface area contributed by atoms with Crippen molar-refractivity contribution < 1.29 is 9.21 Å². The first-order valence-corrected chi connectivity index (χ1v) is 5.82. The molecule has 4 heteroatoms. The smallest absolute Gasteiger partial charge is 0.257 e. The summed E-state index contributed by atoms with van der Waals surface area (Å²) < 4.78 is 5.30. The van der Waals surface area contributed by atoms with Crippen molar-refractivity contribution in [1.29, 1.82) is 0 Å². The molecule has 2 rings (SSSR count). The molecule has 1 amide bonds. The van der Waals surface area contributed by atoms with E-state index in [-0.39, 0.29) is 11.9 Å². The monoisotopic (exact) mass is 222 g/mol. The minimum absolute atomic E-state index is 0.0969. The van der Waals surface area contributed by atoms with E-state index in [4.69, 9.17) is 4.42 Å². The number of hydrogen-bond donors (Lipinski definition) is 1. The topological polar surface area (TPSA) is 45.5 Å². The molecule has 1 saturated heterocycles. The number of hydrogen-bond acceptors (Lipinski definition) is 3. The minimum Gasteiger partial charge on any atom is -0.469 e. The van der Waals surface area contributed by atoms with E-state index >= 15 is 0 Å². The van der Waals surface area contributed by atoms with E-state index in [2.05, 4.69) is 12.2 Å². The van der Waals surface area contributed by atoms with Crippen molar-refractivity contribution in [2.75, 3.05) is 19.6 Å². The molecule has 1 fully saturated rings. The van der Waals surface area contributed by atoms with Crippen LogP contribution in [0.1, 0.15) is 30.0 Å². The molecule has 1 unspecified atom stereocenters. The summed E-state index contributed by atoms with van der Waals surface area (Å²) in [5, 5.41) is 3.28. The number of rotatable bonds is 2. The van der Waals surface area contributed by atoms with E-state index < -0.39 is 0 Å². The van der Waals surface area contributed by atoms with Crippen molar-refractivity contribution >= 4 is 5.91 Å². The fourth-order valence-corrected chi connectivity index (χ4v) is 2.10. The molecule has 1 atom stereocenters. The van der Waals surface area contributed by atoms with Gasteiger partial charge in [-0.3, -0.25) is 4.79 Å². The summed E-state index contributed by atoms with van der Waals surface area (Å²) in [6.07, 6.45) is 2.35. The molecule has 1 aromatic rings. The number of amides is 1. The molecule has 0 aliphatic carbocycles. The summed E-state index contributed by atoms with van der Waals surface area (Å²) in [5.41, 5.74) is 0.719. The van der Waals surface area contributed by atoms with E-state index in [0.717, 1.165) is 37.4 Å². The van der Waals surface area contributed by atoms with Crippen molar-refractivity contribution in [2.24, 2.45) is 0 Å². The average Bonchev–Trinajstić information content (AvgIpc) is 2.77. The molecule has 16 heavy (non-hydrogen) atoms. The number of nitrogens with zero attached hydrogens (tertiary/aromatic N) is 1. The normalized spacial score (nSPS) is 21.1. The Morgan fingerprint density at radius 1 is 1.69 bits per heavy atom. The maximum atomic E-state index is 12.3. The Balaban J connectivity index is 2.17. The lowest BCUT2D eigenvalue weighted by molar-refractivity contribution is 0.0653. The highest BCUT2D eigenvalue weighted by Gasteiger charge is 2.26. The third kappa shape index (κ3) is 1.97. The Kier molecular flexibility index (Phi) is 3.29. The van der Waals surface area contributed by atoms with Gasteiger partial charge in [-0.25, -0.2) is 0 Å². The van der Waals surface area contributed by atoms with E-state index in [9.17, 15) is 4.79 Å². The van der Waals surface area contributed by atoms with Gasteiger partial charge in [0.15, 0.2) is 0 Å². The van der Waals surface area contributed by atoms with Gasteiger partial charge in [-0.15, -0.1) is 0 Å². The lowest BCUT2D eigenvalue weighted by Gasteiger charge is -2.33. The highest BCUT2D eigenvalue weighted by Crippen LogP contribution is 2.16. The van der Waals surface area contributed by atoms with Crippen LogP contribution in [-0.4, -0.2) is 36.5 Å². The second-order valence-electron chi connectivity index (χ2n) is 4.16. The summed E-state index contributed by atoms with van der Waals surface area (Å²) in [6.45, 7) is 6.57. The number of aryl methyl sites for hydroxylation is 1. The number of carbonyl (C=O) groups excluding carboxylic acids is 1. The number of furan rings is 1. The van der Waals surface area contributed by atoms with Gasteiger partial charge in [0.05, 0.1) is 11.8 Å².